The zero-order valence-corrected chi connectivity index (χ0v) is 18.5. The Kier molecular flexibility index (Phi) is 5.92. The van der Waals surface area contributed by atoms with Crippen LogP contribution in [0.15, 0.2) is 24.4 Å². The Hall–Kier alpha value is -2.65. The molecule has 0 saturated carbocycles. The predicted octanol–water partition coefficient (Wildman–Crippen LogP) is 3.51. The van der Waals surface area contributed by atoms with E-state index < -0.39 is 0 Å². The lowest BCUT2D eigenvalue weighted by atomic mass is 10.2. The van der Waals surface area contributed by atoms with Crippen molar-refractivity contribution in [1.82, 2.24) is 14.6 Å². The molecule has 1 N–H and O–H groups in total. The molecule has 1 aliphatic heterocycles. The Morgan fingerprint density at radius 3 is 2.60 bits per heavy atom. The van der Waals surface area contributed by atoms with Crippen LogP contribution in [0.2, 0.25) is 5.02 Å². The molecular weight excluding hydrogens is 426 g/mol. The first-order valence-corrected chi connectivity index (χ1v) is 11.0. The van der Waals surface area contributed by atoms with Gasteiger partial charge in [-0.1, -0.05) is 11.6 Å². The van der Waals surface area contributed by atoms with Crippen molar-refractivity contribution in [3.63, 3.8) is 0 Å². The molecular formula is C20H22ClN5O3S. The third-order valence-electron chi connectivity index (χ3n) is 4.82. The lowest BCUT2D eigenvalue weighted by Crippen LogP contribution is -2.33. The molecule has 8 nitrogen and oxygen atoms in total. The normalized spacial score (nSPS) is 14.1. The van der Waals surface area contributed by atoms with Crippen LogP contribution in [0.1, 0.15) is 16.2 Å². The summed E-state index contributed by atoms with van der Waals surface area (Å²) in [4.78, 5) is 19.9. The molecule has 0 bridgehead atoms. The summed E-state index contributed by atoms with van der Waals surface area (Å²) in [6, 6.07) is 4.98. The molecule has 0 unspecified atom stereocenters. The Bertz CT molecular complexity index is 1100. The third kappa shape index (κ3) is 3.99. The molecule has 0 radical (unpaired) electrons. The van der Waals surface area contributed by atoms with Gasteiger partial charge in [-0.3, -0.25) is 4.79 Å². The van der Waals surface area contributed by atoms with Gasteiger partial charge in [-0.05, 0) is 6.92 Å². The van der Waals surface area contributed by atoms with Gasteiger partial charge in [0.05, 0.1) is 36.8 Å². The van der Waals surface area contributed by atoms with Gasteiger partial charge in [0.15, 0.2) is 11.5 Å². The summed E-state index contributed by atoms with van der Waals surface area (Å²) in [5.74, 6) is 3.48. The molecule has 0 aliphatic carbocycles. The fourth-order valence-corrected chi connectivity index (χ4v) is 4.49. The van der Waals surface area contributed by atoms with Crippen molar-refractivity contribution in [3.8, 4) is 11.5 Å². The van der Waals surface area contributed by atoms with Crippen LogP contribution >= 0.6 is 23.4 Å². The van der Waals surface area contributed by atoms with Gasteiger partial charge in [0.1, 0.15) is 17.0 Å². The lowest BCUT2D eigenvalue weighted by Gasteiger charge is -2.28. The number of aromatic nitrogens is 3. The Morgan fingerprint density at radius 2 is 1.90 bits per heavy atom. The quantitative estimate of drug-likeness (QED) is 0.640. The number of halogens is 1. The van der Waals surface area contributed by atoms with Gasteiger partial charge in [0.2, 0.25) is 0 Å². The highest BCUT2D eigenvalue weighted by molar-refractivity contribution is 7.99. The molecule has 0 spiro atoms. The zero-order valence-electron chi connectivity index (χ0n) is 16.9. The van der Waals surface area contributed by atoms with E-state index in [9.17, 15) is 4.79 Å². The topological polar surface area (TPSA) is 81.0 Å². The number of nitrogens with one attached hydrogen (secondary N) is 1. The summed E-state index contributed by atoms with van der Waals surface area (Å²) in [6.45, 7) is 3.77. The van der Waals surface area contributed by atoms with Gasteiger partial charge in [0.25, 0.3) is 5.91 Å². The van der Waals surface area contributed by atoms with Crippen LogP contribution in [0, 0.1) is 6.92 Å². The van der Waals surface area contributed by atoms with Crippen LogP contribution in [0.3, 0.4) is 0 Å². The van der Waals surface area contributed by atoms with Crippen molar-refractivity contribution in [2.45, 2.75) is 6.92 Å². The van der Waals surface area contributed by atoms with Crippen molar-refractivity contribution in [3.05, 3.63) is 40.8 Å². The summed E-state index contributed by atoms with van der Waals surface area (Å²) in [7, 11) is 3.02. The minimum Gasteiger partial charge on any atom is -0.495 e. The van der Waals surface area contributed by atoms with E-state index in [-0.39, 0.29) is 11.6 Å². The number of fused-ring (bicyclic) bond motifs is 1. The number of anilines is 2. The molecule has 10 heteroatoms. The van der Waals surface area contributed by atoms with E-state index >= 15 is 0 Å². The number of thioether (sulfide) groups is 1. The van der Waals surface area contributed by atoms with E-state index in [0.29, 0.717) is 22.2 Å². The van der Waals surface area contributed by atoms with Crippen molar-refractivity contribution < 1.29 is 14.3 Å². The molecule has 30 heavy (non-hydrogen) atoms. The Morgan fingerprint density at radius 1 is 1.17 bits per heavy atom. The smallest absolute Gasteiger partial charge is 0.276 e. The monoisotopic (exact) mass is 447 g/mol. The average Bonchev–Trinajstić information content (AvgIpc) is 3.18. The third-order valence-corrected chi connectivity index (χ3v) is 6.06. The van der Waals surface area contributed by atoms with E-state index in [0.717, 1.165) is 41.6 Å². The van der Waals surface area contributed by atoms with E-state index in [4.69, 9.17) is 26.1 Å². The molecule has 1 fully saturated rings. The number of benzene rings is 1. The maximum absolute atomic E-state index is 13.0. The largest absolute Gasteiger partial charge is 0.495 e. The number of hydrogen-bond donors (Lipinski definition) is 1. The van der Waals surface area contributed by atoms with E-state index in [1.54, 1.807) is 22.7 Å². The molecule has 1 aromatic carbocycles. The molecule has 4 rings (SSSR count). The zero-order chi connectivity index (χ0) is 21.3. The summed E-state index contributed by atoms with van der Waals surface area (Å²) in [6.07, 6.45) is 1.82. The molecule has 0 atom stereocenters. The van der Waals surface area contributed by atoms with Crippen LogP contribution in [-0.2, 0) is 0 Å². The number of hydrogen-bond acceptors (Lipinski definition) is 7. The number of methoxy groups -OCH3 is 2. The van der Waals surface area contributed by atoms with Gasteiger partial charge in [-0.25, -0.2) is 9.50 Å². The maximum atomic E-state index is 13.0. The number of aryl methyl sites for hydroxylation is 1. The second-order valence-corrected chi connectivity index (χ2v) is 8.44. The number of carbonyl (C=O) groups is 1. The van der Waals surface area contributed by atoms with Crippen molar-refractivity contribution in [2.24, 2.45) is 0 Å². The minimum absolute atomic E-state index is 0.283. The van der Waals surface area contributed by atoms with Gasteiger partial charge >= 0.3 is 0 Å². The highest BCUT2D eigenvalue weighted by Crippen LogP contribution is 2.36. The number of carbonyl (C=O) groups excluding carboxylic acids is 1. The highest BCUT2D eigenvalue weighted by atomic mass is 35.5. The number of amides is 1. The summed E-state index contributed by atoms with van der Waals surface area (Å²) in [5.41, 5.74) is 2.38. The van der Waals surface area contributed by atoms with Crippen LogP contribution < -0.4 is 19.7 Å². The van der Waals surface area contributed by atoms with E-state index in [1.165, 1.54) is 14.2 Å². The summed E-state index contributed by atoms with van der Waals surface area (Å²) < 4.78 is 12.3. The second-order valence-electron chi connectivity index (χ2n) is 6.81. The molecule has 2 aromatic heterocycles. The molecule has 1 aliphatic rings. The second kappa shape index (κ2) is 8.61. The van der Waals surface area contributed by atoms with Crippen molar-refractivity contribution in [1.29, 1.82) is 0 Å². The lowest BCUT2D eigenvalue weighted by molar-refractivity contribution is 0.102. The molecule has 1 saturated heterocycles. The minimum atomic E-state index is -0.362. The van der Waals surface area contributed by atoms with E-state index in [2.05, 4.69) is 15.3 Å². The van der Waals surface area contributed by atoms with Crippen LogP contribution in [0.5, 0.6) is 11.5 Å². The van der Waals surface area contributed by atoms with Crippen LogP contribution in [-0.4, -0.2) is 59.3 Å². The fraction of sp³-hybridized carbons (Fsp3) is 0.350. The number of nitrogens with zero attached hydrogens (tertiary/aromatic N) is 4. The van der Waals surface area contributed by atoms with Gasteiger partial charge in [0, 0.05) is 42.8 Å². The highest BCUT2D eigenvalue weighted by Gasteiger charge is 2.21. The predicted molar refractivity (Wildman–Crippen MR) is 120 cm³/mol. The first kappa shape index (κ1) is 20.6. The van der Waals surface area contributed by atoms with Crippen molar-refractivity contribution >= 4 is 46.3 Å². The molecule has 1 amide bonds. The average molecular weight is 448 g/mol. The van der Waals surface area contributed by atoms with Gasteiger partial charge < -0.3 is 19.7 Å². The molecule has 158 valence electrons. The van der Waals surface area contributed by atoms with Crippen LogP contribution in [0.4, 0.5) is 11.5 Å². The van der Waals surface area contributed by atoms with Crippen molar-refractivity contribution in [2.75, 3.05) is 49.0 Å². The van der Waals surface area contributed by atoms with E-state index in [1.807, 2.05) is 24.9 Å². The first-order valence-electron chi connectivity index (χ1n) is 9.42. The maximum Gasteiger partial charge on any atom is 0.276 e. The SMILES string of the molecule is COc1cc(NC(=O)c2cc3c(N4CCSCC4)nc(C)cn3n2)c(OC)cc1Cl. The van der Waals surface area contributed by atoms with Crippen LogP contribution in [0.25, 0.3) is 5.52 Å². The molecule has 3 aromatic rings. The summed E-state index contributed by atoms with van der Waals surface area (Å²) in [5, 5.41) is 7.71. The fourth-order valence-electron chi connectivity index (χ4n) is 3.35. The Balaban J connectivity index is 1.68. The number of ether oxygens (including phenoxy) is 2. The molecule has 3 heterocycles. The summed E-state index contributed by atoms with van der Waals surface area (Å²) >= 11 is 8.08. The first-order chi connectivity index (χ1) is 14.5. The van der Waals surface area contributed by atoms with Gasteiger partial charge in [-0.2, -0.15) is 16.9 Å². The standard InChI is InChI=1S/C20H22ClN5O3S/c1-12-11-26-16(19(22-12)25-4-6-30-7-5-25)9-15(24-26)20(27)23-14-10-17(28-2)13(21)8-18(14)29-3/h8-11H,4-7H2,1-3H3,(H,23,27). The van der Waals surface area contributed by atoms with Gasteiger partial charge in [-0.15, -0.1) is 0 Å². The number of rotatable bonds is 5. The Labute approximate surface area is 183 Å².